The number of rotatable bonds is 5. The van der Waals surface area contributed by atoms with Crippen LogP contribution in [0.25, 0.3) is 0 Å². The normalized spacial score (nSPS) is 17.1. The molecule has 2 aromatic rings. The molecular formula is C21H17F2N3OS. The number of carbonyl (C=O) groups excluding carboxylic acids is 1. The Morgan fingerprint density at radius 2 is 1.86 bits per heavy atom. The van der Waals surface area contributed by atoms with E-state index in [1.165, 1.54) is 23.9 Å². The predicted molar refractivity (Wildman–Crippen MR) is 104 cm³/mol. The Kier molecular flexibility index (Phi) is 5.16. The van der Waals surface area contributed by atoms with Crippen molar-refractivity contribution in [3.05, 3.63) is 96.0 Å². The van der Waals surface area contributed by atoms with Gasteiger partial charge in [0.05, 0.1) is 5.57 Å². The fourth-order valence-corrected chi connectivity index (χ4v) is 3.79. The van der Waals surface area contributed by atoms with Gasteiger partial charge in [-0.25, -0.2) is 8.78 Å². The van der Waals surface area contributed by atoms with Crippen LogP contribution in [0.2, 0.25) is 0 Å². The van der Waals surface area contributed by atoms with E-state index in [-0.39, 0.29) is 12.1 Å². The number of fused-ring (bicyclic) bond motifs is 1. The maximum atomic E-state index is 13.3. The minimum absolute atomic E-state index is 0.0770. The molecule has 28 heavy (non-hydrogen) atoms. The third kappa shape index (κ3) is 4.26. The van der Waals surface area contributed by atoms with Gasteiger partial charge in [-0.3, -0.25) is 4.79 Å². The van der Waals surface area contributed by atoms with E-state index in [1.807, 2.05) is 47.6 Å². The van der Waals surface area contributed by atoms with Crippen molar-refractivity contribution >= 4 is 17.7 Å². The quantitative estimate of drug-likeness (QED) is 0.804. The molecule has 7 heteroatoms. The second-order valence-corrected chi connectivity index (χ2v) is 7.50. The number of benzene rings is 2. The van der Waals surface area contributed by atoms with Crippen molar-refractivity contribution in [1.29, 1.82) is 0 Å². The molecular weight excluding hydrogens is 380 g/mol. The number of halogens is 2. The summed E-state index contributed by atoms with van der Waals surface area (Å²) < 4.78 is 26.6. The van der Waals surface area contributed by atoms with Crippen LogP contribution in [0.15, 0.2) is 88.6 Å². The van der Waals surface area contributed by atoms with E-state index in [9.17, 15) is 13.6 Å². The molecule has 1 amide bonds. The zero-order chi connectivity index (χ0) is 19.5. The molecule has 0 bridgehead atoms. The molecule has 2 heterocycles. The molecule has 2 aliphatic rings. The average molecular weight is 397 g/mol. The van der Waals surface area contributed by atoms with Crippen LogP contribution >= 0.6 is 11.8 Å². The Hall–Kier alpha value is -3.06. The Morgan fingerprint density at radius 3 is 2.61 bits per heavy atom. The third-order valence-corrected chi connectivity index (χ3v) is 5.27. The smallest absolute Gasteiger partial charge is 0.253 e. The number of amides is 1. The van der Waals surface area contributed by atoms with Gasteiger partial charge in [0, 0.05) is 41.0 Å². The van der Waals surface area contributed by atoms with Gasteiger partial charge in [-0.15, -0.1) is 0 Å². The molecule has 0 aromatic heterocycles. The highest BCUT2D eigenvalue weighted by Gasteiger charge is 2.20. The minimum Gasteiger partial charge on any atom is -0.366 e. The highest BCUT2D eigenvalue weighted by molar-refractivity contribution is 7.99. The van der Waals surface area contributed by atoms with Crippen LogP contribution in [0.4, 0.5) is 8.78 Å². The topological polar surface area (TPSA) is 44.4 Å². The minimum atomic E-state index is -0.598. The first kappa shape index (κ1) is 18.3. The number of hydrogen-bond acceptors (Lipinski definition) is 4. The molecule has 0 saturated heterocycles. The van der Waals surface area contributed by atoms with Crippen LogP contribution in [0.1, 0.15) is 5.56 Å². The van der Waals surface area contributed by atoms with Crippen LogP contribution in [-0.4, -0.2) is 17.0 Å². The Bertz CT molecular complexity index is 965. The van der Waals surface area contributed by atoms with E-state index in [4.69, 9.17) is 0 Å². The van der Waals surface area contributed by atoms with E-state index < -0.39 is 11.6 Å². The standard InChI is InChI=1S/C21H17F2N3OS/c22-16-9-17(23)11-19(10-16)28-18-4-1-14(2-5-18)12-25-21(27)15-3-6-20-24-7-8-26(20)13-15/h1-11,13,20,24H,12H2,(H,25,27). The fourth-order valence-electron chi connectivity index (χ4n) is 2.90. The molecule has 0 aliphatic carbocycles. The van der Waals surface area contributed by atoms with Gasteiger partial charge in [-0.2, -0.15) is 0 Å². The van der Waals surface area contributed by atoms with Crippen LogP contribution in [0, 0.1) is 11.6 Å². The van der Waals surface area contributed by atoms with Crippen molar-refractivity contribution in [1.82, 2.24) is 15.5 Å². The largest absolute Gasteiger partial charge is 0.366 e. The fraction of sp³-hybridized carbons (Fsp3) is 0.0952. The maximum absolute atomic E-state index is 13.3. The molecule has 0 radical (unpaired) electrons. The van der Waals surface area contributed by atoms with Gasteiger partial charge < -0.3 is 15.5 Å². The molecule has 1 atom stereocenters. The lowest BCUT2D eigenvalue weighted by molar-refractivity contribution is -0.117. The van der Waals surface area contributed by atoms with Gasteiger partial charge in [0.15, 0.2) is 0 Å². The number of nitrogens with zero attached hydrogens (tertiary/aromatic N) is 1. The molecule has 0 saturated carbocycles. The van der Waals surface area contributed by atoms with Crippen molar-refractivity contribution in [3.8, 4) is 0 Å². The molecule has 0 fully saturated rings. The number of hydrogen-bond donors (Lipinski definition) is 2. The summed E-state index contributed by atoms with van der Waals surface area (Å²) in [4.78, 5) is 15.6. The van der Waals surface area contributed by atoms with Gasteiger partial charge in [0.2, 0.25) is 0 Å². The Labute approximate surface area is 165 Å². The van der Waals surface area contributed by atoms with E-state index in [1.54, 1.807) is 12.3 Å². The lowest BCUT2D eigenvalue weighted by Gasteiger charge is -2.23. The molecule has 2 aliphatic heterocycles. The van der Waals surface area contributed by atoms with Crippen molar-refractivity contribution in [2.75, 3.05) is 0 Å². The van der Waals surface area contributed by atoms with Crippen molar-refractivity contribution in [2.45, 2.75) is 22.5 Å². The lowest BCUT2D eigenvalue weighted by atomic mass is 10.1. The van der Waals surface area contributed by atoms with Gasteiger partial charge in [0.25, 0.3) is 5.91 Å². The summed E-state index contributed by atoms with van der Waals surface area (Å²) in [6, 6.07) is 10.9. The zero-order valence-corrected chi connectivity index (χ0v) is 15.5. The SMILES string of the molecule is O=C(NCc1ccc(Sc2cc(F)cc(F)c2)cc1)C1=CN2C=CNC2C=C1. The van der Waals surface area contributed by atoms with Crippen LogP contribution in [0.3, 0.4) is 0 Å². The van der Waals surface area contributed by atoms with Gasteiger partial charge >= 0.3 is 0 Å². The van der Waals surface area contributed by atoms with E-state index in [0.29, 0.717) is 17.0 Å². The van der Waals surface area contributed by atoms with Gasteiger partial charge in [-0.1, -0.05) is 23.9 Å². The Balaban J connectivity index is 1.34. The van der Waals surface area contributed by atoms with Crippen molar-refractivity contribution < 1.29 is 13.6 Å². The second-order valence-electron chi connectivity index (χ2n) is 6.35. The third-order valence-electron chi connectivity index (χ3n) is 4.29. The summed E-state index contributed by atoms with van der Waals surface area (Å²) in [5.41, 5.74) is 1.52. The summed E-state index contributed by atoms with van der Waals surface area (Å²) in [6.07, 6.45) is 9.32. The summed E-state index contributed by atoms with van der Waals surface area (Å²) in [5, 5.41) is 6.04. The molecule has 2 N–H and O–H groups in total. The summed E-state index contributed by atoms with van der Waals surface area (Å²) >= 11 is 1.28. The highest BCUT2D eigenvalue weighted by Crippen LogP contribution is 2.29. The molecule has 0 spiro atoms. The molecule has 142 valence electrons. The monoisotopic (exact) mass is 397 g/mol. The van der Waals surface area contributed by atoms with Crippen LogP contribution in [0.5, 0.6) is 0 Å². The average Bonchev–Trinajstić information content (AvgIpc) is 3.14. The number of nitrogens with one attached hydrogen (secondary N) is 2. The predicted octanol–water partition coefficient (Wildman–Crippen LogP) is 3.89. The van der Waals surface area contributed by atoms with Crippen LogP contribution < -0.4 is 10.6 Å². The van der Waals surface area contributed by atoms with Gasteiger partial charge in [-0.05, 0) is 42.0 Å². The summed E-state index contributed by atoms with van der Waals surface area (Å²) in [7, 11) is 0. The van der Waals surface area contributed by atoms with Crippen molar-refractivity contribution in [2.24, 2.45) is 0 Å². The maximum Gasteiger partial charge on any atom is 0.253 e. The molecule has 4 rings (SSSR count). The summed E-state index contributed by atoms with van der Waals surface area (Å²) in [5.74, 6) is -1.34. The molecule has 4 nitrogen and oxygen atoms in total. The number of carbonyl (C=O) groups is 1. The van der Waals surface area contributed by atoms with E-state index >= 15 is 0 Å². The van der Waals surface area contributed by atoms with E-state index in [2.05, 4.69) is 10.6 Å². The summed E-state index contributed by atoms with van der Waals surface area (Å²) in [6.45, 7) is 0.390. The molecule has 1 unspecified atom stereocenters. The first-order valence-corrected chi connectivity index (χ1v) is 9.50. The van der Waals surface area contributed by atoms with Crippen molar-refractivity contribution in [3.63, 3.8) is 0 Å². The highest BCUT2D eigenvalue weighted by atomic mass is 32.2. The van der Waals surface area contributed by atoms with E-state index in [0.717, 1.165) is 16.5 Å². The second kappa shape index (κ2) is 7.90. The lowest BCUT2D eigenvalue weighted by Crippen LogP contribution is -2.34. The molecule has 2 aromatic carbocycles. The van der Waals surface area contributed by atoms with Gasteiger partial charge in [0.1, 0.15) is 17.8 Å². The first-order chi connectivity index (χ1) is 13.6. The Morgan fingerprint density at radius 1 is 1.11 bits per heavy atom. The first-order valence-electron chi connectivity index (χ1n) is 8.68. The zero-order valence-electron chi connectivity index (χ0n) is 14.7. The van der Waals surface area contributed by atoms with Crippen LogP contribution in [-0.2, 0) is 11.3 Å².